The summed E-state index contributed by atoms with van der Waals surface area (Å²) in [5.41, 5.74) is 2.84. The van der Waals surface area contributed by atoms with Crippen molar-refractivity contribution in [2.45, 2.75) is 31.3 Å². The first-order chi connectivity index (χ1) is 11.1. The number of urea groups is 1. The highest BCUT2D eigenvalue weighted by Crippen LogP contribution is 2.43. The topological polar surface area (TPSA) is 58.1 Å². The number of nitrogens with one attached hydrogen (secondary N) is 1. The highest BCUT2D eigenvalue weighted by atomic mass is 79.9. The van der Waals surface area contributed by atoms with Crippen molar-refractivity contribution in [2.75, 3.05) is 5.32 Å². The van der Waals surface area contributed by atoms with Gasteiger partial charge < -0.3 is 10.2 Å². The van der Waals surface area contributed by atoms with Gasteiger partial charge in [0.25, 0.3) is 0 Å². The number of carbonyl (C=O) groups is 1. The summed E-state index contributed by atoms with van der Waals surface area (Å²) >= 11 is 9.44. The van der Waals surface area contributed by atoms with Crippen molar-refractivity contribution < 1.29 is 4.79 Å². The van der Waals surface area contributed by atoms with Crippen LogP contribution in [0.3, 0.4) is 0 Å². The Morgan fingerprint density at radius 2 is 2.26 bits per heavy atom. The molecular weight excluding hydrogens is 380 g/mol. The molecule has 23 heavy (non-hydrogen) atoms. The number of amides is 2. The van der Waals surface area contributed by atoms with Crippen LogP contribution in [0.2, 0.25) is 5.02 Å². The monoisotopic (exact) mass is 392 g/mol. The Labute approximate surface area is 147 Å². The summed E-state index contributed by atoms with van der Waals surface area (Å²) in [5, 5.41) is 3.52. The van der Waals surface area contributed by atoms with E-state index in [-0.39, 0.29) is 18.1 Å². The fourth-order valence-corrected chi connectivity index (χ4v) is 3.92. The summed E-state index contributed by atoms with van der Waals surface area (Å²) in [5.74, 6) is 0. The summed E-state index contributed by atoms with van der Waals surface area (Å²) in [7, 11) is 0. The number of aromatic nitrogens is 2. The minimum Gasteiger partial charge on any atom is -0.314 e. The van der Waals surface area contributed by atoms with Crippen molar-refractivity contribution in [2.24, 2.45) is 0 Å². The highest BCUT2D eigenvalue weighted by Gasteiger charge is 2.43. The second-order valence-corrected chi connectivity index (χ2v) is 7.10. The Morgan fingerprint density at radius 3 is 3.09 bits per heavy atom. The zero-order valence-corrected chi connectivity index (χ0v) is 14.5. The molecule has 1 saturated heterocycles. The minimum absolute atomic E-state index is 0.0656. The molecule has 2 amide bonds. The largest absolute Gasteiger partial charge is 0.322 e. The number of hydrogen-bond donors (Lipinski definition) is 1. The maximum atomic E-state index is 12.8. The van der Waals surface area contributed by atoms with E-state index < -0.39 is 0 Å². The maximum Gasteiger partial charge on any atom is 0.322 e. The second kappa shape index (κ2) is 5.76. The van der Waals surface area contributed by atoms with Crippen LogP contribution in [0.25, 0.3) is 0 Å². The van der Waals surface area contributed by atoms with Gasteiger partial charge >= 0.3 is 6.03 Å². The SMILES string of the molecule is O=C(Nc1ccc(Br)c(Cl)c1)N1[C@@H]2CC[C@H]1c1cncnc1C2. The molecule has 5 nitrogen and oxygen atoms in total. The summed E-state index contributed by atoms with van der Waals surface area (Å²) in [4.78, 5) is 23.2. The number of benzene rings is 1. The molecular formula is C16H14BrClN4O. The molecule has 2 aliphatic heterocycles. The molecule has 2 bridgehead atoms. The van der Waals surface area contributed by atoms with Gasteiger partial charge in [-0.15, -0.1) is 0 Å². The molecule has 118 valence electrons. The normalized spacial score (nSPS) is 21.9. The third-order valence-corrected chi connectivity index (χ3v) is 5.76. The molecule has 0 spiro atoms. The van der Waals surface area contributed by atoms with Crippen molar-refractivity contribution >= 4 is 39.2 Å². The molecule has 4 rings (SSSR count). The number of fused-ring (bicyclic) bond motifs is 4. The van der Waals surface area contributed by atoms with Gasteiger partial charge in [0.05, 0.1) is 16.8 Å². The molecule has 1 fully saturated rings. The molecule has 1 aromatic heterocycles. The first-order valence-electron chi connectivity index (χ1n) is 7.46. The molecule has 0 saturated carbocycles. The van der Waals surface area contributed by atoms with E-state index in [9.17, 15) is 4.79 Å². The summed E-state index contributed by atoms with van der Waals surface area (Å²) in [6, 6.07) is 5.57. The van der Waals surface area contributed by atoms with Crippen molar-refractivity contribution in [3.05, 3.63) is 51.5 Å². The van der Waals surface area contributed by atoms with Gasteiger partial charge in [-0.3, -0.25) is 0 Å². The van der Waals surface area contributed by atoms with Crippen LogP contribution in [0, 0.1) is 0 Å². The van der Waals surface area contributed by atoms with Crippen molar-refractivity contribution in [3.8, 4) is 0 Å². The van der Waals surface area contributed by atoms with E-state index in [1.165, 1.54) is 0 Å². The standard InChI is InChI=1S/C16H14BrClN4O/c17-12-3-1-9(5-13(12)18)21-16(23)22-10-2-4-15(22)11-7-19-8-20-14(11)6-10/h1,3,5,7-8,10,15H,2,4,6H2,(H,21,23)/t10-,15+/m1/s1. The van der Waals surface area contributed by atoms with E-state index in [0.29, 0.717) is 10.7 Å². The van der Waals surface area contributed by atoms with Crippen molar-refractivity contribution in [1.29, 1.82) is 0 Å². The minimum atomic E-state index is -0.0922. The third-order valence-electron chi connectivity index (χ3n) is 4.52. The van der Waals surface area contributed by atoms with Gasteiger partial charge in [-0.05, 0) is 47.0 Å². The van der Waals surface area contributed by atoms with Gasteiger partial charge in [-0.25, -0.2) is 14.8 Å². The lowest BCUT2D eigenvalue weighted by Crippen LogP contribution is -2.44. The van der Waals surface area contributed by atoms with Crippen LogP contribution in [0.5, 0.6) is 0 Å². The maximum absolute atomic E-state index is 12.8. The van der Waals surface area contributed by atoms with Crippen molar-refractivity contribution in [3.63, 3.8) is 0 Å². The number of nitrogens with zero attached hydrogens (tertiary/aromatic N) is 3. The highest BCUT2D eigenvalue weighted by molar-refractivity contribution is 9.10. The Kier molecular flexibility index (Phi) is 3.73. The lowest BCUT2D eigenvalue weighted by Gasteiger charge is -2.35. The average molecular weight is 394 g/mol. The average Bonchev–Trinajstić information content (AvgIpc) is 2.86. The zero-order valence-electron chi connectivity index (χ0n) is 12.2. The Bertz CT molecular complexity index is 784. The third kappa shape index (κ3) is 2.60. The number of carbonyl (C=O) groups excluding carboxylic acids is 1. The van der Waals surface area contributed by atoms with Gasteiger partial charge in [0.2, 0.25) is 0 Å². The van der Waals surface area contributed by atoms with Crippen molar-refractivity contribution in [1.82, 2.24) is 14.9 Å². The molecule has 0 radical (unpaired) electrons. The van der Waals surface area contributed by atoms with Crippen LogP contribution >= 0.6 is 27.5 Å². The summed E-state index contributed by atoms with van der Waals surface area (Å²) < 4.78 is 0.807. The molecule has 1 N–H and O–H groups in total. The Balaban J connectivity index is 1.59. The van der Waals surface area contributed by atoms with Crippen LogP contribution in [0.4, 0.5) is 10.5 Å². The lowest BCUT2D eigenvalue weighted by molar-refractivity contribution is 0.178. The number of rotatable bonds is 1. The molecule has 1 aromatic carbocycles. The first kappa shape index (κ1) is 14.9. The van der Waals surface area contributed by atoms with E-state index in [1.807, 2.05) is 23.2 Å². The fraction of sp³-hybridized carbons (Fsp3) is 0.312. The van der Waals surface area contributed by atoms with Gasteiger partial charge in [0.1, 0.15) is 6.33 Å². The molecule has 0 aliphatic carbocycles. The van der Waals surface area contributed by atoms with E-state index in [1.54, 1.807) is 12.4 Å². The molecule has 2 atom stereocenters. The predicted octanol–water partition coefficient (Wildman–Crippen LogP) is 4.19. The molecule has 3 heterocycles. The zero-order chi connectivity index (χ0) is 16.0. The van der Waals surface area contributed by atoms with E-state index in [2.05, 4.69) is 31.2 Å². The molecule has 2 aliphatic rings. The summed E-state index contributed by atoms with van der Waals surface area (Å²) in [6.45, 7) is 0. The van der Waals surface area contributed by atoms with Crippen LogP contribution in [0.1, 0.15) is 30.1 Å². The predicted molar refractivity (Wildman–Crippen MR) is 91.5 cm³/mol. The molecule has 7 heteroatoms. The van der Waals surface area contributed by atoms with Crippen LogP contribution < -0.4 is 5.32 Å². The van der Waals surface area contributed by atoms with E-state index >= 15 is 0 Å². The second-order valence-electron chi connectivity index (χ2n) is 5.84. The Morgan fingerprint density at radius 1 is 1.39 bits per heavy atom. The fourth-order valence-electron chi connectivity index (χ4n) is 3.50. The lowest BCUT2D eigenvalue weighted by atomic mass is 10.00. The van der Waals surface area contributed by atoms with Crippen LogP contribution in [-0.4, -0.2) is 26.9 Å². The van der Waals surface area contributed by atoms with Crippen LogP contribution in [0.15, 0.2) is 35.2 Å². The van der Waals surface area contributed by atoms with Gasteiger partial charge in [-0.1, -0.05) is 11.6 Å². The quantitative estimate of drug-likeness (QED) is 0.790. The number of anilines is 1. The van der Waals surface area contributed by atoms with Crippen LogP contribution in [-0.2, 0) is 6.42 Å². The first-order valence-corrected chi connectivity index (χ1v) is 8.63. The Hall–Kier alpha value is -1.66. The van der Waals surface area contributed by atoms with E-state index in [4.69, 9.17) is 11.6 Å². The smallest absolute Gasteiger partial charge is 0.314 e. The molecule has 2 aromatic rings. The van der Waals surface area contributed by atoms with Gasteiger partial charge in [0.15, 0.2) is 0 Å². The van der Waals surface area contributed by atoms with Gasteiger partial charge in [-0.2, -0.15) is 0 Å². The molecule has 0 unspecified atom stereocenters. The number of halogens is 2. The van der Waals surface area contributed by atoms with E-state index in [0.717, 1.165) is 35.0 Å². The number of hydrogen-bond acceptors (Lipinski definition) is 3. The summed E-state index contributed by atoms with van der Waals surface area (Å²) in [6.07, 6.45) is 6.17. The van der Waals surface area contributed by atoms with Gasteiger partial charge in [0, 0.05) is 34.4 Å².